The Morgan fingerprint density at radius 3 is 1.40 bits per heavy atom. The summed E-state index contributed by atoms with van der Waals surface area (Å²) in [5.74, 6) is -1.43. The van der Waals surface area contributed by atoms with Gasteiger partial charge in [0.25, 0.3) is 23.6 Å². The molecule has 0 aliphatic heterocycles. The smallest absolute Gasteiger partial charge is 0.408 e. The van der Waals surface area contributed by atoms with Crippen molar-refractivity contribution >= 4 is 68.8 Å². The molecule has 6 heterocycles. The summed E-state index contributed by atoms with van der Waals surface area (Å²) < 4.78 is 15.9. The molecule has 0 atom stereocenters. The van der Waals surface area contributed by atoms with Crippen LogP contribution < -0.4 is 38.1 Å². The molecule has 5 N–H and O–H groups in total. The number of nitrogens with zero attached hydrogens (tertiary/aromatic N) is 8. The van der Waals surface area contributed by atoms with Gasteiger partial charge in [-0.25, -0.2) is 28.6 Å². The van der Waals surface area contributed by atoms with E-state index in [0.29, 0.717) is 52.5 Å². The van der Waals surface area contributed by atoms with Gasteiger partial charge < -0.3 is 35.4 Å². The minimum atomic E-state index is -0.457. The summed E-state index contributed by atoms with van der Waals surface area (Å²) in [6.07, 6.45) is 9.84. The first kappa shape index (κ1) is 51.2. The van der Waals surface area contributed by atoms with Crippen molar-refractivity contribution < 1.29 is 37.6 Å². The van der Waals surface area contributed by atoms with Crippen molar-refractivity contribution in [3.05, 3.63) is 128 Å². The van der Waals surface area contributed by atoms with E-state index in [-0.39, 0.29) is 77.1 Å². The van der Waals surface area contributed by atoms with Gasteiger partial charge >= 0.3 is 11.5 Å². The average Bonchev–Trinajstić information content (AvgIpc) is 4.23. The zero-order valence-corrected chi connectivity index (χ0v) is 41.9. The average molecular weight is 1020 g/mol. The Hall–Kier alpha value is -8.76. The Balaban J connectivity index is 0.000000184. The van der Waals surface area contributed by atoms with Crippen LogP contribution >= 0.6 is 0 Å². The van der Waals surface area contributed by atoms with E-state index in [2.05, 4.69) is 46.7 Å². The number of rotatable bonds is 14. The molecule has 0 bridgehead atoms. The highest BCUT2D eigenvalue weighted by Crippen LogP contribution is 2.30. The number of aryl methyl sites for hydroxylation is 2. The summed E-state index contributed by atoms with van der Waals surface area (Å²) in [5, 5.41) is 22.6. The van der Waals surface area contributed by atoms with E-state index >= 15 is 0 Å². The third-order valence-corrected chi connectivity index (χ3v) is 14.3. The predicted octanol–water partition coefficient (Wildman–Crippen LogP) is 3.62. The number of carbonyl (C=O) groups is 6. The van der Waals surface area contributed by atoms with Crippen LogP contribution in [0.2, 0.25) is 0 Å². The quantitative estimate of drug-likeness (QED) is 0.104. The molecule has 5 amide bonds. The number of fused-ring (bicyclic) bond motifs is 4. The Morgan fingerprint density at radius 1 is 0.560 bits per heavy atom. The summed E-state index contributed by atoms with van der Waals surface area (Å²) in [5.41, 5.74) is 5.11. The van der Waals surface area contributed by atoms with Gasteiger partial charge in [0.1, 0.15) is 28.6 Å². The molecule has 0 saturated heterocycles. The maximum Gasteiger partial charge on any atom is 0.419 e. The van der Waals surface area contributed by atoms with Crippen LogP contribution in [0.5, 0.6) is 0 Å². The largest absolute Gasteiger partial charge is 0.419 e. The topological polar surface area (TPSA) is 293 Å². The van der Waals surface area contributed by atoms with Crippen LogP contribution in [0.1, 0.15) is 111 Å². The van der Waals surface area contributed by atoms with Gasteiger partial charge in [0.05, 0.1) is 23.4 Å². The second-order valence-electron chi connectivity index (χ2n) is 19.2. The second-order valence-corrected chi connectivity index (χ2v) is 19.2. The molecule has 8 aromatic rings. The Labute approximate surface area is 427 Å². The van der Waals surface area contributed by atoms with Gasteiger partial charge in [-0.15, -0.1) is 0 Å². The Bertz CT molecular complexity index is 3600. The lowest BCUT2D eigenvalue weighted by atomic mass is 9.80. The summed E-state index contributed by atoms with van der Waals surface area (Å²) in [7, 11) is 4.88. The van der Waals surface area contributed by atoms with Gasteiger partial charge in [0.2, 0.25) is 5.91 Å². The van der Waals surface area contributed by atoms with E-state index in [9.17, 15) is 38.4 Å². The first-order chi connectivity index (χ1) is 36.1. The van der Waals surface area contributed by atoms with Crippen molar-refractivity contribution in [2.45, 2.75) is 71.4 Å². The molecule has 0 radical (unpaired) electrons. The lowest BCUT2D eigenvalue weighted by Gasteiger charge is -2.27. The van der Waals surface area contributed by atoms with Crippen LogP contribution in [-0.4, -0.2) is 93.8 Å². The monoisotopic (exact) mass is 1020 g/mol. The van der Waals surface area contributed by atoms with E-state index < -0.39 is 23.3 Å². The third kappa shape index (κ3) is 11.4. The van der Waals surface area contributed by atoms with Crippen LogP contribution in [0.4, 0.5) is 0 Å². The van der Waals surface area contributed by atoms with E-state index in [1.807, 2.05) is 0 Å². The highest BCUT2D eigenvalue weighted by molar-refractivity contribution is 5.99. The summed E-state index contributed by atoms with van der Waals surface area (Å²) in [6.45, 7) is 3.01. The van der Waals surface area contributed by atoms with Crippen LogP contribution in [0.15, 0.2) is 91.5 Å². The molecule has 23 nitrogen and oxygen atoms in total. The highest BCUT2D eigenvalue weighted by atomic mass is 16.4. The van der Waals surface area contributed by atoms with Gasteiger partial charge in [-0.3, -0.25) is 37.9 Å². The molecule has 10 rings (SSSR count). The molecule has 390 valence electrons. The van der Waals surface area contributed by atoms with Crippen molar-refractivity contribution in [3.63, 3.8) is 0 Å². The number of carbonyl (C=O) groups excluding carboxylic acids is 6. The van der Waals surface area contributed by atoms with Crippen LogP contribution in [0.25, 0.3) is 33.5 Å². The molecule has 0 spiro atoms. The molecule has 23 heteroatoms. The van der Waals surface area contributed by atoms with E-state index in [4.69, 9.17) is 8.83 Å². The fourth-order valence-electron chi connectivity index (χ4n) is 9.75. The van der Waals surface area contributed by atoms with Gasteiger partial charge in [-0.2, -0.15) is 10.2 Å². The maximum atomic E-state index is 13.1. The normalized spacial score (nSPS) is 17.5. The predicted molar refractivity (Wildman–Crippen MR) is 272 cm³/mol. The van der Waals surface area contributed by atoms with Crippen LogP contribution in [0, 0.1) is 23.7 Å². The molecule has 6 aromatic heterocycles. The van der Waals surface area contributed by atoms with Crippen LogP contribution in [-0.2, 0) is 36.8 Å². The maximum absolute atomic E-state index is 13.1. The molecule has 2 fully saturated rings. The van der Waals surface area contributed by atoms with Crippen molar-refractivity contribution in [1.29, 1.82) is 0 Å². The van der Waals surface area contributed by atoms with Crippen molar-refractivity contribution in [2.75, 3.05) is 20.1 Å². The fourth-order valence-corrected chi connectivity index (χ4v) is 9.75. The molecule has 0 unspecified atom stereocenters. The van der Waals surface area contributed by atoms with Gasteiger partial charge in [0, 0.05) is 83.4 Å². The highest BCUT2D eigenvalue weighted by Gasteiger charge is 2.28. The number of aromatic nitrogens is 8. The third-order valence-electron chi connectivity index (χ3n) is 14.3. The minimum Gasteiger partial charge on any atom is -0.408 e. The number of hydrogen-bond acceptors (Lipinski definition) is 14. The lowest BCUT2D eigenvalue weighted by molar-refractivity contribution is -0.125. The van der Waals surface area contributed by atoms with E-state index in [0.717, 1.165) is 62.5 Å². The molecule has 2 aliphatic carbocycles. The number of oxazole rings is 2. The zero-order chi connectivity index (χ0) is 52.9. The molecule has 2 saturated carbocycles. The first-order valence-corrected chi connectivity index (χ1v) is 24.8. The lowest BCUT2D eigenvalue weighted by Crippen LogP contribution is -2.35. The standard InChI is InChI=1S/C26H29N7O5.C26H28N6O5/c1-27-23(34)17-6-3-15(4-7-17)13-29-25(36)20-12-18(31-22-9-10-30-33(20)22)24(35)28-14-16-5-8-21-19(11-16)32(2)26(37)38-21;1-15(33)18-6-3-16(4-7-18)13-28-25(35)21-12-19(30-23-9-10-29-32(21)23)24(34)27-14-17-5-8-22-20(11-17)31(2)26(36)37-22/h5,8-12,15,17H,3-4,6-7,13-14H2,1-2H3,(H,27,34)(H,28,35)(H,29,36);5,8-12,16,18H,3-4,6-7,13-14H2,1-2H3,(H,27,34)(H,28,35). The van der Waals surface area contributed by atoms with Gasteiger partial charge in [-0.1, -0.05) is 12.1 Å². The summed E-state index contributed by atoms with van der Waals surface area (Å²) >= 11 is 0. The van der Waals surface area contributed by atoms with Crippen molar-refractivity contribution in [3.8, 4) is 0 Å². The summed E-state index contributed by atoms with van der Waals surface area (Å²) in [6, 6.07) is 16.6. The number of nitrogens with one attached hydrogen (secondary N) is 5. The van der Waals surface area contributed by atoms with Crippen molar-refractivity contribution in [1.82, 2.24) is 64.9 Å². The Morgan fingerprint density at radius 2 is 0.987 bits per heavy atom. The molecule has 75 heavy (non-hydrogen) atoms. The number of hydrogen-bond donors (Lipinski definition) is 5. The minimum absolute atomic E-state index is 0.0328. The van der Waals surface area contributed by atoms with Gasteiger partial charge in [0.15, 0.2) is 22.5 Å². The number of ketones is 1. The SMILES string of the molecule is CC(=O)C1CCC(CNC(=O)c2cc(C(=O)NCc3ccc4oc(=O)n(C)c4c3)nc3ccnn23)CC1.CNC(=O)C1CCC(CNC(=O)c2cc(C(=O)NCc3ccc4oc(=O)n(C)c4c3)nc3ccnn23)CC1. The number of Topliss-reactive ketones (excluding diaryl/α,β-unsaturated/α-hetero) is 1. The first-order valence-electron chi connectivity index (χ1n) is 24.8. The van der Waals surface area contributed by atoms with E-state index in [1.54, 1.807) is 76.6 Å². The van der Waals surface area contributed by atoms with Crippen LogP contribution in [0.3, 0.4) is 0 Å². The number of amides is 5. The molecule has 2 aliphatic rings. The zero-order valence-electron chi connectivity index (χ0n) is 41.9. The molecule has 2 aromatic carbocycles. The fraction of sp³-hybridized carbons (Fsp3) is 0.385. The second kappa shape index (κ2) is 22.2. The van der Waals surface area contributed by atoms with Gasteiger partial charge in [-0.05, 0) is 106 Å². The summed E-state index contributed by atoms with van der Waals surface area (Å²) in [4.78, 5) is 108. The molecular formula is C52H57N13O10. The Kier molecular flexibility index (Phi) is 15.1. The number of benzene rings is 2. The van der Waals surface area contributed by atoms with E-state index in [1.165, 1.54) is 42.7 Å². The molecular weight excluding hydrogens is 967 g/mol. The van der Waals surface area contributed by atoms with Crippen molar-refractivity contribution in [2.24, 2.45) is 37.8 Å².